The summed E-state index contributed by atoms with van der Waals surface area (Å²) >= 11 is 1.73. The van der Waals surface area contributed by atoms with E-state index in [1.807, 2.05) is 56.1 Å². The molecular formula is C56H66N10O8S. The van der Waals surface area contributed by atoms with Crippen molar-refractivity contribution in [1.82, 2.24) is 49.9 Å². The van der Waals surface area contributed by atoms with Gasteiger partial charge in [-0.3, -0.25) is 14.2 Å². The number of hydrogen-bond acceptors (Lipinski definition) is 12. The van der Waals surface area contributed by atoms with Gasteiger partial charge in [-0.15, -0.1) is 11.3 Å². The van der Waals surface area contributed by atoms with Crippen LogP contribution in [0.1, 0.15) is 137 Å². The zero-order valence-corrected chi connectivity index (χ0v) is 44.4. The number of aromatic nitrogens is 6. The van der Waals surface area contributed by atoms with E-state index in [2.05, 4.69) is 68.5 Å². The van der Waals surface area contributed by atoms with E-state index in [9.17, 15) is 19.2 Å². The summed E-state index contributed by atoms with van der Waals surface area (Å²) in [5, 5.41) is 7.86. The van der Waals surface area contributed by atoms with Crippen molar-refractivity contribution in [3.05, 3.63) is 82.1 Å². The number of likely N-dealkylation sites (tertiary alicyclic amines) is 2. The highest BCUT2D eigenvalue weighted by atomic mass is 32.1. The number of alkyl carbamates (subject to hydrolysis) is 2. The maximum absolute atomic E-state index is 14.7. The number of methoxy groups -OCH3 is 2. The molecule has 2 saturated carbocycles. The third-order valence-electron chi connectivity index (χ3n) is 16.8. The minimum atomic E-state index is -0.735. The van der Waals surface area contributed by atoms with Crippen LogP contribution in [0.3, 0.4) is 0 Å². The predicted molar refractivity (Wildman–Crippen MR) is 281 cm³/mol. The average molecular weight is 1040 g/mol. The highest BCUT2D eigenvalue weighted by molar-refractivity contribution is 7.11. The molecule has 6 aliphatic rings. The highest BCUT2D eigenvalue weighted by Gasteiger charge is 2.57. The number of aromatic amines is 2. The molecule has 394 valence electrons. The molecule has 4 amide bonds. The van der Waals surface area contributed by atoms with Crippen LogP contribution in [0, 0.1) is 24.7 Å². The van der Waals surface area contributed by atoms with E-state index < -0.39 is 30.5 Å². The van der Waals surface area contributed by atoms with Crippen LogP contribution in [-0.4, -0.2) is 114 Å². The summed E-state index contributed by atoms with van der Waals surface area (Å²) in [5.41, 5.74) is 7.63. The number of thiazole rings is 1. The molecule has 19 heteroatoms. The van der Waals surface area contributed by atoms with Gasteiger partial charge < -0.3 is 49.3 Å². The molecule has 18 nitrogen and oxygen atoms in total. The van der Waals surface area contributed by atoms with Crippen molar-refractivity contribution >= 4 is 46.2 Å². The number of amides is 4. The number of imidazole rings is 2. The first-order valence-electron chi connectivity index (χ1n) is 26.7. The number of nitrogens with zero attached hydrogens (tertiary/aromatic N) is 6. The highest BCUT2D eigenvalue weighted by Crippen LogP contribution is 2.54. The van der Waals surface area contributed by atoms with Crippen LogP contribution in [0.25, 0.3) is 44.7 Å². The summed E-state index contributed by atoms with van der Waals surface area (Å²) in [6.07, 6.45) is 12.1. The molecule has 0 radical (unpaired) electrons. The summed E-state index contributed by atoms with van der Waals surface area (Å²) in [6.45, 7) is 10.5. The third-order valence-corrected chi connectivity index (χ3v) is 18.0. The second-order valence-electron chi connectivity index (χ2n) is 22.1. The zero-order chi connectivity index (χ0) is 52.0. The fourth-order valence-electron chi connectivity index (χ4n) is 12.8. The van der Waals surface area contributed by atoms with Gasteiger partial charge in [-0.25, -0.2) is 24.5 Å². The van der Waals surface area contributed by atoms with Crippen LogP contribution in [-0.2, 0) is 23.8 Å². The molecule has 8 heterocycles. The van der Waals surface area contributed by atoms with E-state index in [0.717, 1.165) is 110 Å². The van der Waals surface area contributed by atoms with Gasteiger partial charge in [0.1, 0.15) is 29.5 Å². The molecule has 75 heavy (non-hydrogen) atoms. The van der Waals surface area contributed by atoms with E-state index in [1.54, 1.807) is 11.3 Å². The molecule has 4 N–H and O–H groups in total. The predicted octanol–water partition coefficient (Wildman–Crippen LogP) is 9.69. The van der Waals surface area contributed by atoms with E-state index in [1.165, 1.54) is 20.6 Å². The summed E-state index contributed by atoms with van der Waals surface area (Å²) in [4.78, 5) is 80.3. The molecular weight excluding hydrogens is 973 g/mol. The van der Waals surface area contributed by atoms with E-state index in [0.29, 0.717) is 37.0 Å². The molecule has 0 bridgehead atoms. The molecule has 3 saturated heterocycles. The van der Waals surface area contributed by atoms with Crippen LogP contribution in [0.2, 0.25) is 0 Å². The Balaban J connectivity index is 0.852. The molecule has 4 aliphatic heterocycles. The number of carbonyl (C=O) groups is 4. The van der Waals surface area contributed by atoms with Gasteiger partial charge >= 0.3 is 12.2 Å². The molecule has 12 rings (SSSR count). The van der Waals surface area contributed by atoms with Gasteiger partial charge in [0.05, 0.1) is 83.4 Å². The second-order valence-corrected chi connectivity index (χ2v) is 23.2. The van der Waals surface area contributed by atoms with Crippen molar-refractivity contribution < 1.29 is 38.1 Å². The standard InChI is InChI=1S/C56H66N10O8S/c1-27(2)47(62-55(69)71-6)52(67)64-15-9-12-40(64)49-57-25-38(61-49)33-16-28(3)46-42-21-34-19-32(13-14-39(34)66(42)54(74-44(46)23-33)45-26-59-51(75-45)31-10-8-11-31)37-24-58-50(60-37)43-22-35-20-41(35)65(43)53(68)48(63-56(70)72-7)36-17-29(4)73-30(5)18-36/h13-14,16,19,21,23-27,29-31,35-36,40-41,43,47-48,54H,8-12,15,17-18,20,22H2,1-7H3,(H,57,61)(H,58,60)(H,62,69)(H,63,70)/t29-,30+,35-,36?,40+,41-,43+,47+,48?,54?/m1/s1. The van der Waals surface area contributed by atoms with Crippen molar-refractivity contribution in [1.29, 1.82) is 0 Å². The van der Waals surface area contributed by atoms with Crippen molar-refractivity contribution in [2.75, 3.05) is 20.8 Å². The Bertz CT molecular complexity index is 3180. The Morgan fingerprint density at radius 3 is 2.23 bits per heavy atom. The Kier molecular flexibility index (Phi) is 12.7. The number of benzene rings is 2. The number of ether oxygens (including phenoxy) is 4. The minimum absolute atomic E-state index is 0.0305. The lowest BCUT2D eigenvalue weighted by Gasteiger charge is -2.38. The maximum atomic E-state index is 14.7. The van der Waals surface area contributed by atoms with Crippen molar-refractivity contribution in [3.63, 3.8) is 0 Å². The van der Waals surface area contributed by atoms with Gasteiger partial charge in [-0.1, -0.05) is 26.3 Å². The van der Waals surface area contributed by atoms with Gasteiger partial charge in [-0.05, 0) is 126 Å². The minimum Gasteiger partial charge on any atom is -0.464 e. The van der Waals surface area contributed by atoms with Crippen LogP contribution in [0.4, 0.5) is 9.59 Å². The summed E-state index contributed by atoms with van der Waals surface area (Å²) < 4.78 is 25.4. The van der Waals surface area contributed by atoms with Crippen LogP contribution < -0.4 is 15.4 Å². The van der Waals surface area contributed by atoms with Gasteiger partial charge in [-0.2, -0.15) is 0 Å². The monoisotopic (exact) mass is 1040 g/mol. The Morgan fingerprint density at radius 1 is 0.800 bits per heavy atom. The quantitative estimate of drug-likeness (QED) is 0.0906. The summed E-state index contributed by atoms with van der Waals surface area (Å²) in [6, 6.07) is 11.1. The molecule has 4 aromatic heterocycles. The smallest absolute Gasteiger partial charge is 0.407 e. The number of rotatable bonds is 12. The van der Waals surface area contributed by atoms with Gasteiger partial charge in [0.2, 0.25) is 18.0 Å². The summed E-state index contributed by atoms with van der Waals surface area (Å²) in [5.74, 6) is 2.58. The van der Waals surface area contributed by atoms with Crippen LogP contribution >= 0.6 is 11.3 Å². The maximum Gasteiger partial charge on any atom is 0.407 e. The van der Waals surface area contributed by atoms with Crippen LogP contribution in [0.5, 0.6) is 5.75 Å². The molecule has 10 atom stereocenters. The number of carbonyl (C=O) groups excluding carboxylic acids is 4. The number of H-pyrrole nitrogens is 2. The van der Waals surface area contributed by atoms with E-state index in [4.69, 9.17) is 33.9 Å². The third kappa shape index (κ3) is 8.92. The first-order chi connectivity index (χ1) is 36.2. The molecule has 3 unspecified atom stereocenters. The zero-order valence-electron chi connectivity index (χ0n) is 43.6. The Labute approximate surface area is 439 Å². The fraction of sp³-hybridized carbons (Fsp3) is 0.518. The molecule has 2 aliphatic carbocycles. The first kappa shape index (κ1) is 49.2. The Hall–Kier alpha value is -6.73. The lowest BCUT2D eigenvalue weighted by atomic mass is 9.85. The van der Waals surface area contributed by atoms with Gasteiger partial charge in [0.15, 0.2) is 0 Å². The summed E-state index contributed by atoms with van der Waals surface area (Å²) in [7, 11) is 2.63. The number of fused-ring (bicyclic) bond motifs is 6. The van der Waals surface area contributed by atoms with E-state index >= 15 is 0 Å². The molecule has 0 spiro atoms. The number of piperidine rings is 1. The topological polar surface area (TPSA) is 211 Å². The lowest BCUT2D eigenvalue weighted by Crippen LogP contribution is -2.55. The number of hydrogen-bond donors (Lipinski definition) is 4. The number of nitrogens with one attached hydrogen (secondary N) is 4. The van der Waals surface area contributed by atoms with Crippen LogP contribution in [0.15, 0.2) is 55.0 Å². The van der Waals surface area contributed by atoms with Crippen molar-refractivity contribution in [2.45, 2.75) is 147 Å². The molecule has 6 aromatic rings. The number of aryl methyl sites for hydroxylation is 1. The first-order valence-corrected chi connectivity index (χ1v) is 27.6. The molecule has 5 fully saturated rings. The second kappa shape index (κ2) is 19.4. The van der Waals surface area contributed by atoms with Crippen molar-refractivity contribution in [3.8, 4) is 39.5 Å². The SMILES string of the molecule is COC(=O)NC(C(=O)N1[C@@H]2C[C@@H]2C[C@H]1c1ncc(-c2ccc3c(c2)cc2n3C(c3cnc(C4CCC4)s3)Oc3cc(-c4cnc([C@@H]5CCCN5C(=O)[C@@H](NC(=O)OC)C(C)C)[nH]4)cc(C)c3-2)[nH]1)C1C[C@@H](C)O[C@@H](C)C1. The lowest BCUT2D eigenvalue weighted by molar-refractivity contribution is -0.140. The largest absolute Gasteiger partial charge is 0.464 e. The average Bonchev–Trinajstić information content (AvgIpc) is 4.15. The normalized spacial score (nSPS) is 25.7. The fourth-order valence-corrected chi connectivity index (χ4v) is 13.9. The molecule has 2 aromatic carbocycles. The van der Waals surface area contributed by atoms with Crippen molar-refractivity contribution in [2.24, 2.45) is 17.8 Å². The van der Waals surface area contributed by atoms with E-state index in [-0.39, 0.29) is 54.0 Å². The van der Waals surface area contributed by atoms with Gasteiger partial charge in [0, 0.05) is 46.8 Å². The van der Waals surface area contributed by atoms with Gasteiger partial charge in [0.25, 0.3) is 0 Å². The Morgan fingerprint density at radius 2 is 1.52 bits per heavy atom.